The summed E-state index contributed by atoms with van der Waals surface area (Å²) < 4.78 is 174. The van der Waals surface area contributed by atoms with Crippen LogP contribution in [0.15, 0.2) is 137 Å². The van der Waals surface area contributed by atoms with Gasteiger partial charge in [-0.3, -0.25) is 18.2 Å². The van der Waals surface area contributed by atoms with Crippen LogP contribution in [0.3, 0.4) is 0 Å². The Morgan fingerprint density at radius 1 is 0.641 bits per heavy atom. The quantitative estimate of drug-likeness (QED) is 0.0226. The molecule has 0 amide bonds. The highest BCUT2D eigenvalue weighted by Crippen LogP contribution is 2.42. The number of hydrogen-bond donors (Lipinski definition) is 9. The summed E-state index contributed by atoms with van der Waals surface area (Å²) in [7, 11) is -22.6. The lowest BCUT2D eigenvalue weighted by Gasteiger charge is -2.16. The van der Waals surface area contributed by atoms with Gasteiger partial charge in [0, 0.05) is 40.2 Å². The fraction of sp³-hybridized carbons (Fsp3) is 0.116. The molecule has 5 aromatic carbocycles. The molecule has 0 radical (unpaired) electrons. The average molecular weight is 1190 g/mol. The molecule has 0 fully saturated rings. The lowest BCUT2D eigenvalue weighted by atomic mass is 10.0. The number of aromatic nitrogens is 6. The predicted octanol–water partition coefficient (Wildman–Crippen LogP) is 7.63. The first-order valence-corrected chi connectivity index (χ1v) is 29.0. The van der Waals surface area contributed by atoms with Crippen LogP contribution in [0, 0.1) is 6.08 Å². The molecule has 2 atom stereocenters. The molecule has 0 spiro atoms. The van der Waals surface area contributed by atoms with Crippen molar-refractivity contribution in [3.05, 3.63) is 120 Å². The highest BCUT2D eigenvalue weighted by molar-refractivity contribution is 7.87. The van der Waals surface area contributed by atoms with Gasteiger partial charge in [0.1, 0.15) is 20.2 Å². The van der Waals surface area contributed by atoms with E-state index in [0.29, 0.717) is 23.9 Å². The summed E-state index contributed by atoms with van der Waals surface area (Å²) in [4.78, 5) is 21.7. The maximum atomic E-state index is 14.4. The molecule has 35 heteroatoms. The molecule has 1 aliphatic carbocycles. The second-order valence-electron chi connectivity index (χ2n) is 16.5. The van der Waals surface area contributed by atoms with Crippen molar-refractivity contribution in [1.82, 2.24) is 29.9 Å². The summed E-state index contributed by atoms with van der Waals surface area (Å²) in [5.41, 5.74) is -0.386. The van der Waals surface area contributed by atoms with Crippen LogP contribution in [0.5, 0.6) is 0 Å². The first-order chi connectivity index (χ1) is 36.5. The molecule has 78 heavy (non-hydrogen) atoms. The van der Waals surface area contributed by atoms with Crippen molar-refractivity contribution in [3.8, 4) is 0 Å². The Labute approximate surface area is 447 Å². The molecule has 0 saturated heterocycles. The Morgan fingerprint density at radius 2 is 1.21 bits per heavy atom. The van der Waals surface area contributed by atoms with Crippen molar-refractivity contribution < 1.29 is 64.7 Å². The van der Waals surface area contributed by atoms with Crippen LogP contribution in [-0.2, 0) is 51.2 Å². The Balaban J connectivity index is 1.09. The zero-order chi connectivity index (χ0) is 56.5. The summed E-state index contributed by atoms with van der Waals surface area (Å²) in [6.45, 7) is 2.87. The van der Waals surface area contributed by atoms with E-state index in [1.807, 2.05) is 0 Å². The van der Waals surface area contributed by atoms with Gasteiger partial charge < -0.3 is 21.3 Å². The van der Waals surface area contributed by atoms with Gasteiger partial charge >= 0.3 is 6.08 Å². The van der Waals surface area contributed by atoms with Gasteiger partial charge in [-0.1, -0.05) is 36.4 Å². The molecular formula is C43H36ClFN14O14S5. The topological polar surface area (TPSA) is 427 Å². The Morgan fingerprint density at radius 3 is 1.81 bits per heavy atom. The Kier molecular flexibility index (Phi) is 15.8. The number of nitrogens with zero attached hydrogens (tertiary/aromatic N) is 10. The standard InChI is InChI=1S/C43H36ClFN14O14S5/c1-22(47-40-52-38(45)53-41(55-40)48-23-6-8-24(9-7-23)74(60)61)21-46-39-50-37(44)51-42(54-39)49-32-14-13-31(28-4-3-5-35(36(28)32)77(68,69)70)58-56-29-11-12-30(27-17-19-43(2,78(71,72)73)18-16-26(27)29)57-59-33-20-25(75(62,63)64)10-15-34(33)76(65,66)67/h3-20,22,74H,21H2,1-2H3,(H,62,63,64)(H,65,66,67)(H,68,69,70)(H,71,72,73)(H2,46,49,50,51,54)(H2,47,48,52,53,55). The molecule has 0 bridgehead atoms. The number of benzene rings is 5. The van der Waals surface area contributed by atoms with E-state index in [2.05, 4.69) is 71.6 Å². The molecule has 0 aliphatic heterocycles. The Hall–Kier alpha value is -7.93. The molecule has 28 nitrogen and oxygen atoms in total. The molecule has 2 aromatic heterocycles. The van der Waals surface area contributed by atoms with Crippen LogP contribution in [0.1, 0.15) is 25.0 Å². The van der Waals surface area contributed by atoms with Gasteiger partial charge in [0.15, 0.2) is 10.7 Å². The van der Waals surface area contributed by atoms with E-state index in [0.717, 1.165) is 25.1 Å². The normalized spacial score (nSPS) is 15.4. The van der Waals surface area contributed by atoms with Crippen molar-refractivity contribution in [1.29, 1.82) is 0 Å². The largest absolute Gasteiger partial charge is 0.352 e. The van der Waals surface area contributed by atoms with Crippen LogP contribution in [0.2, 0.25) is 5.28 Å². The zero-order valence-electron chi connectivity index (χ0n) is 39.4. The summed E-state index contributed by atoms with van der Waals surface area (Å²) in [5, 5.41) is 27.7. The van der Waals surface area contributed by atoms with Crippen LogP contribution in [-0.4, -0.2) is 108 Å². The number of azo groups is 2. The number of anilines is 6. The average Bonchev–Trinajstić information content (AvgIpc) is 3.54. The van der Waals surface area contributed by atoms with Crippen molar-refractivity contribution >= 4 is 144 Å². The molecular weight excluding hydrogens is 1150 g/mol. The number of halogens is 2. The lowest BCUT2D eigenvalue weighted by molar-refractivity contribution is 0.466. The van der Waals surface area contributed by atoms with Gasteiger partial charge in [0.25, 0.3) is 40.5 Å². The molecule has 8 rings (SSSR count). The molecule has 7 aromatic rings. The molecule has 1 aliphatic rings. The molecule has 8 N–H and O–H groups in total. The fourth-order valence-corrected chi connectivity index (χ4v) is 10.0. The van der Waals surface area contributed by atoms with E-state index in [1.165, 1.54) is 72.8 Å². The van der Waals surface area contributed by atoms with Crippen molar-refractivity contribution in [2.24, 2.45) is 20.5 Å². The maximum Gasteiger partial charge on any atom is 0.315 e. The van der Waals surface area contributed by atoms with E-state index in [-0.39, 0.29) is 85.2 Å². The van der Waals surface area contributed by atoms with Gasteiger partial charge in [0.05, 0.1) is 32.5 Å². The van der Waals surface area contributed by atoms with E-state index in [9.17, 15) is 64.7 Å². The van der Waals surface area contributed by atoms with Gasteiger partial charge in [-0.25, -0.2) is 8.42 Å². The number of fused-ring (bicyclic) bond motifs is 2. The molecule has 2 unspecified atom stereocenters. The van der Waals surface area contributed by atoms with E-state index >= 15 is 0 Å². The maximum absolute atomic E-state index is 14.4. The van der Waals surface area contributed by atoms with Crippen molar-refractivity contribution in [2.75, 3.05) is 27.8 Å². The summed E-state index contributed by atoms with van der Waals surface area (Å²) in [6, 6.07) is 16.2. The van der Waals surface area contributed by atoms with Gasteiger partial charge in [-0.15, -0.1) is 20.5 Å². The van der Waals surface area contributed by atoms with Crippen LogP contribution in [0.25, 0.3) is 22.9 Å². The molecule has 2 heterocycles. The highest BCUT2D eigenvalue weighted by Gasteiger charge is 2.34. The first-order valence-electron chi connectivity index (χ1n) is 21.6. The molecule has 406 valence electrons. The Bertz CT molecular complexity index is 4260. The number of hydrogen-bond acceptors (Lipinski definition) is 24. The number of rotatable bonds is 18. The highest BCUT2D eigenvalue weighted by atomic mass is 35.5. The van der Waals surface area contributed by atoms with Gasteiger partial charge in [0.2, 0.25) is 29.1 Å². The van der Waals surface area contributed by atoms with Gasteiger partial charge in [-0.2, -0.15) is 68.0 Å². The minimum Gasteiger partial charge on any atom is -0.352 e. The van der Waals surface area contributed by atoms with Gasteiger partial charge in [-0.05, 0) is 98.2 Å². The molecule has 0 saturated carbocycles. The third-order valence-electron chi connectivity index (χ3n) is 11.0. The van der Waals surface area contributed by atoms with Crippen LogP contribution >= 0.6 is 11.6 Å². The van der Waals surface area contributed by atoms with Crippen molar-refractivity contribution in [3.63, 3.8) is 0 Å². The smallest absolute Gasteiger partial charge is 0.315 e. The fourth-order valence-electron chi connectivity index (χ4n) is 7.18. The second kappa shape index (κ2) is 21.8. The first kappa shape index (κ1) is 56.3. The number of nitrogens with one attached hydrogen (secondary N) is 4. The summed E-state index contributed by atoms with van der Waals surface area (Å²) in [6.07, 6.45) is 3.54. The minimum atomic E-state index is -5.04. The monoisotopic (exact) mass is 1190 g/mol. The van der Waals surface area contributed by atoms with E-state index < -0.39 is 88.4 Å². The van der Waals surface area contributed by atoms with E-state index in [4.69, 9.17) is 11.6 Å². The predicted molar refractivity (Wildman–Crippen MR) is 280 cm³/mol. The second-order valence-corrected chi connectivity index (χ2v) is 23.9. The van der Waals surface area contributed by atoms with Crippen molar-refractivity contribution in [2.45, 2.75) is 44.2 Å². The number of thiol groups is 1. The zero-order valence-corrected chi connectivity index (χ0v) is 44.3. The van der Waals surface area contributed by atoms with E-state index in [1.54, 1.807) is 6.92 Å². The SMILES string of the molecule is CC(CNc1nc(Cl)nc(Nc2ccc(N=Nc3ccc(N=Nc4cc(S(=O)(=O)O)ccc4S(=O)(=O)O)c4c3C=CC(C)(S(=O)(=O)O)C=C4)c3cccc(S(=O)(=O)O)c23)n1)Nc1nc(F)nc(Nc2ccc([SH](=O)=O)cc2)n1. The third-order valence-corrected chi connectivity index (χ3v) is 15.9. The summed E-state index contributed by atoms with van der Waals surface area (Å²) >= 11 is 6.28. The van der Waals surface area contributed by atoms with Crippen LogP contribution in [0.4, 0.5) is 62.3 Å². The van der Waals surface area contributed by atoms with Crippen LogP contribution < -0.4 is 21.3 Å². The lowest BCUT2D eigenvalue weighted by Crippen LogP contribution is -2.29. The summed E-state index contributed by atoms with van der Waals surface area (Å²) in [5.74, 6) is -0.673. The minimum absolute atomic E-state index is 0.000976. The third kappa shape index (κ3) is 13.1.